The molecule has 1 aliphatic rings. The molecule has 1 saturated carbocycles. The normalized spacial score (nSPS) is 27.1. The Morgan fingerprint density at radius 1 is 1.64 bits per heavy atom. The standard InChI is InChI=1S/C11H16N2O/c1-8-10(3-4-11(8)14)5-9-6-12-13(2)7-9/h6-8,10H,3-5H2,1-2H3. The van der Waals surface area contributed by atoms with E-state index in [1.165, 1.54) is 5.56 Å². The molecule has 0 bridgehead atoms. The van der Waals surface area contributed by atoms with E-state index in [1.54, 1.807) is 0 Å². The molecular weight excluding hydrogens is 176 g/mol. The first-order valence-electron chi connectivity index (χ1n) is 5.17. The van der Waals surface area contributed by atoms with Gasteiger partial charge in [0, 0.05) is 25.6 Å². The molecule has 0 spiro atoms. The molecule has 14 heavy (non-hydrogen) atoms. The van der Waals surface area contributed by atoms with Crippen LogP contribution >= 0.6 is 0 Å². The molecule has 1 aromatic heterocycles. The summed E-state index contributed by atoms with van der Waals surface area (Å²) in [7, 11) is 1.92. The van der Waals surface area contributed by atoms with E-state index in [1.807, 2.05) is 24.1 Å². The number of hydrogen-bond donors (Lipinski definition) is 0. The molecule has 3 nitrogen and oxygen atoms in total. The third-order valence-electron chi connectivity index (χ3n) is 3.23. The number of nitrogens with zero attached hydrogens (tertiary/aromatic N) is 2. The van der Waals surface area contributed by atoms with Gasteiger partial charge in [-0.15, -0.1) is 0 Å². The molecule has 1 aliphatic carbocycles. The summed E-state index contributed by atoms with van der Waals surface area (Å²) in [5.41, 5.74) is 1.25. The highest BCUT2D eigenvalue weighted by Gasteiger charge is 2.30. The first-order chi connectivity index (χ1) is 6.66. The summed E-state index contributed by atoms with van der Waals surface area (Å²) < 4.78 is 1.82. The molecule has 0 radical (unpaired) electrons. The zero-order valence-corrected chi connectivity index (χ0v) is 8.73. The van der Waals surface area contributed by atoms with Crippen molar-refractivity contribution in [2.45, 2.75) is 26.2 Å². The van der Waals surface area contributed by atoms with Crippen LogP contribution in [0, 0.1) is 11.8 Å². The molecular formula is C11H16N2O. The number of carbonyl (C=O) groups is 1. The Balaban J connectivity index is 2.02. The third kappa shape index (κ3) is 1.72. The average molecular weight is 192 g/mol. The van der Waals surface area contributed by atoms with Crippen LogP contribution in [0.3, 0.4) is 0 Å². The molecule has 1 fully saturated rings. The molecule has 0 amide bonds. The van der Waals surface area contributed by atoms with Gasteiger partial charge in [0.2, 0.25) is 0 Å². The van der Waals surface area contributed by atoms with Crippen LogP contribution in [0.25, 0.3) is 0 Å². The Morgan fingerprint density at radius 2 is 2.43 bits per heavy atom. The molecule has 0 aliphatic heterocycles. The highest BCUT2D eigenvalue weighted by atomic mass is 16.1. The Morgan fingerprint density at radius 3 is 2.93 bits per heavy atom. The van der Waals surface area contributed by atoms with Crippen molar-refractivity contribution in [2.75, 3.05) is 0 Å². The predicted molar refractivity (Wildman–Crippen MR) is 53.8 cm³/mol. The van der Waals surface area contributed by atoms with E-state index in [9.17, 15) is 4.79 Å². The number of aryl methyl sites for hydroxylation is 1. The van der Waals surface area contributed by atoms with Crippen molar-refractivity contribution in [1.82, 2.24) is 9.78 Å². The van der Waals surface area contributed by atoms with Crippen LogP contribution in [0.1, 0.15) is 25.3 Å². The predicted octanol–water partition coefficient (Wildman–Crippen LogP) is 1.58. The number of carbonyl (C=O) groups excluding carboxylic acids is 1. The maximum atomic E-state index is 11.4. The van der Waals surface area contributed by atoms with Crippen molar-refractivity contribution in [3.63, 3.8) is 0 Å². The summed E-state index contributed by atoms with van der Waals surface area (Å²) >= 11 is 0. The van der Waals surface area contributed by atoms with Crippen LogP contribution in [0.5, 0.6) is 0 Å². The lowest BCUT2D eigenvalue weighted by Crippen LogP contribution is -2.12. The van der Waals surface area contributed by atoms with Gasteiger partial charge in [-0.2, -0.15) is 5.10 Å². The van der Waals surface area contributed by atoms with Crippen LogP contribution in [-0.4, -0.2) is 15.6 Å². The van der Waals surface area contributed by atoms with Gasteiger partial charge in [0.1, 0.15) is 5.78 Å². The fraction of sp³-hybridized carbons (Fsp3) is 0.636. The fourth-order valence-corrected chi connectivity index (χ4v) is 2.23. The second-order valence-corrected chi connectivity index (χ2v) is 4.28. The minimum absolute atomic E-state index is 0.246. The quantitative estimate of drug-likeness (QED) is 0.713. The SMILES string of the molecule is CC1C(=O)CCC1Cc1cnn(C)c1. The molecule has 2 atom stereocenters. The smallest absolute Gasteiger partial charge is 0.135 e. The molecule has 1 heterocycles. The molecule has 2 rings (SSSR count). The molecule has 1 aromatic rings. The average Bonchev–Trinajstić information content (AvgIpc) is 2.67. The van der Waals surface area contributed by atoms with Crippen molar-refractivity contribution in [1.29, 1.82) is 0 Å². The lowest BCUT2D eigenvalue weighted by Gasteiger charge is -2.11. The van der Waals surface area contributed by atoms with E-state index in [0.29, 0.717) is 11.7 Å². The van der Waals surface area contributed by atoms with Gasteiger partial charge >= 0.3 is 0 Å². The number of Topliss-reactive ketones (excluding diaryl/α,β-unsaturated/α-hetero) is 1. The number of rotatable bonds is 2. The van der Waals surface area contributed by atoms with Crippen LogP contribution in [0.15, 0.2) is 12.4 Å². The van der Waals surface area contributed by atoms with E-state index < -0.39 is 0 Å². The lowest BCUT2D eigenvalue weighted by atomic mass is 9.92. The summed E-state index contributed by atoms with van der Waals surface area (Å²) in [4.78, 5) is 11.4. The summed E-state index contributed by atoms with van der Waals surface area (Å²) in [6.45, 7) is 2.05. The van der Waals surface area contributed by atoms with Gasteiger partial charge in [0.05, 0.1) is 6.20 Å². The largest absolute Gasteiger partial charge is 0.299 e. The molecule has 0 N–H and O–H groups in total. The number of aromatic nitrogens is 2. The third-order valence-corrected chi connectivity index (χ3v) is 3.23. The first-order valence-corrected chi connectivity index (χ1v) is 5.17. The monoisotopic (exact) mass is 192 g/mol. The molecule has 3 heteroatoms. The minimum Gasteiger partial charge on any atom is -0.299 e. The van der Waals surface area contributed by atoms with Gasteiger partial charge in [-0.25, -0.2) is 0 Å². The van der Waals surface area contributed by atoms with Crippen LogP contribution in [0.2, 0.25) is 0 Å². The first kappa shape index (κ1) is 9.44. The molecule has 0 aromatic carbocycles. The number of hydrogen-bond acceptors (Lipinski definition) is 2. The van der Waals surface area contributed by atoms with Gasteiger partial charge in [0.25, 0.3) is 0 Å². The summed E-state index contributed by atoms with van der Waals surface area (Å²) in [5.74, 6) is 1.21. The van der Waals surface area contributed by atoms with Gasteiger partial charge in [-0.1, -0.05) is 6.92 Å². The van der Waals surface area contributed by atoms with Crippen LogP contribution in [-0.2, 0) is 18.3 Å². The minimum atomic E-state index is 0.246. The Labute approximate surface area is 84.1 Å². The topological polar surface area (TPSA) is 34.9 Å². The van der Waals surface area contributed by atoms with Gasteiger partial charge in [0.15, 0.2) is 0 Å². The molecule has 2 unspecified atom stereocenters. The number of ketones is 1. The van der Waals surface area contributed by atoms with Gasteiger partial charge in [-0.3, -0.25) is 9.48 Å². The lowest BCUT2D eigenvalue weighted by molar-refractivity contribution is -0.120. The maximum Gasteiger partial charge on any atom is 0.135 e. The maximum absolute atomic E-state index is 11.4. The zero-order valence-electron chi connectivity index (χ0n) is 8.73. The second kappa shape index (κ2) is 3.56. The van der Waals surface area contributed by atoms with E-state index in [4.69, 9.17) is 0 Å². The van der Waals surface area contributed by atoms with Crippen LogP contribution < -0.4 is 0 Å². The second-order valence-electron chi connectivity index (χ2n) is 4.28. The van der Waals surface area contributed by atoms with Crippen molar-refractivity contribution >= 4 is 5.78 Å². The van der Waals surface area contributed by atoms with Gasteiger partial charge < -0.3 is 0 Å². The summed E-state index contributed by atoms with van der Waals surface area (Å²) in [6.07, 6.45) is 6.76. The van der Waals surface area contributed by atoms with Crippen LogP contribution in [0.4, 0.5) is 0 Å². The van der Waals surface area contributed by atoms with E-state index in [-0.39, 0.29) is 5.92 Å². The van der Waals surface area contributed by atoms with E-state index in [0.717, 1.165) is 19.3 Å². The highest BCUT2D eigenvalue weighted by molar-refractivity contribution is 5.83. The van der Waals surface area contributed by atoms with E-state index >= 15 is 0 Å². The summed E-state index contributed by atoms with van der Waals surface area (Å²) in [5, 5.41) is 4.13. The Hall–Kier alpha value is -1.12. The van der Waals surface area contributed by atoms with Crippen molar-refractivity contribution in [3.05, 3.63) is 18.0 Å². The van der Waals surface area contributed by atoms with Gasteiger partial charge in [-0.05, 0) is 24.3 Å². The van der Waals surface area contributed by atoms with Crippen molar-refractivity contribution in [2.24, 2.45) is 18.9 Å². The molecule has 76 valence electrons. The Bertz CT molecular complexity index is 343. The Kier molecular flexibility index (Phi) is 2.40. The molecule has 0 saturated heterocycles. The zero-order chi connectivity index (χ0) is 10.1. The highest BCUT2D eigenvalue weighted by Crippen LogP contribution is 2.30. The van der Waals surface area contributed by atoms with Crippen molar-refractivity contribution in [3.8, 4) is 0 Å². The fourth-order valence-electron chi connectivity index (χ4n) is 2.23. The van der Waals surface area contributed by atoms with Crippen molar-refractivity contribution < 1.29 is 4.79 Å². The summed E-state index contributed by atoms with van der Waals surface area (Å²) in [6, 6.07) is 0. The van der Waals surface area contributed by atoms with E-state index in [2.05, 4.69) is 12.0 Å².